The number of ketones is 1. The van der Waals surface area contributed by atoms with Crippen LogP contribution in [0.25, 0.3) is 0 Å². The van der Waals surface area contributed by atoms with Crippen molar-refractivity contribution in [2.75, 3.05) is 5.75 Å². The maximum absolute atomic E-state index is 11.6. The smallest absolute Gasteiger partial charge is 0.235 e. The van der Waals surface area contributed by atoms with Crippen molar-refractivity contribution in [1.29, 1.82) is 0 Å². The Morgan fingerprint density at radius 2 is 1.68 bits per heavy atom. The first-order valence-corrected chi connectivity index (χ1v) is 9.22. The number of benzene rings is 1. The van der Waals surface area contributed by atoms with E-state index in [1.54, 1.807) is 11.8 Å². The highest BCUT2D eigenvalue weighted by Crippen LogP contribution is 2.20. The molecule has 0 aromatic heterocycles. The molecule has 0 aliphatic carbocycles. The zero-order chi connectivity index (χ0) is 19.0. The van der Waals surface area contributed by atoms with Gasteiger partial charge in [0.15, 0.2) is 5.78 Å². The number of nitrogens with one attached hydrogen (secondary N) is 2. The molecule has 2 unspecified atom stereocenters. The van der Waals surface area contributed by atoms with E-state index in [0.717, 1.165) is 10.5 Å². The summed E-state index contributed by atoms with van der Waals surface area (Å²) >= 11 is 1.54. The van der Waals surface area contributed by atoms with Crippen LogP contribution in [0.1, 0.15) is 33.3 Å². The Morgan fingerprint density at radius 3 is 2.12 bits per heavy atom. The average molecular weight is 365 g/mol. The zero-order valence-corrected chi connectivity index (χ0v) is 16.0. The van der Waals surface area contributed by atoms with Gasteiger partial charge in [-0.25, -0.2) is 0 Å². The van der Waals surface area contributed by atoms with Gasteiger partial charge in [0, 0.05) is 23.6 Å². The number of primary amides is 1. The lowest BCUT2D eigenvalue weighted by Gasteiger charge is -2.18. The van der Waals surface area contributed by atoms with E-state index in [4.69, 9.17) is 5.73 Å². The summed E-state index contributed by atoms with van der Waals surface area (Å²) in [4.78, 5) is 35.3. The number of carbonyl (C=O) groups is 3. The van der Waals surface area contributed by atoms with Crippen LogP contribution in [0.15, 0.2) is 29.2 Å². The van der Waals surface area contributed by atoms with Gasteiger partial charge in [-0.05, 0) is 31.0 Å². The number of hydrogen-bond acceptors (Lipinski definition) is 5. The molecular formula is C18H27N3O3S. The van der Waals surface area contributed by atoms with Crippen molar-refractivity contribution in [3.63, 3.8) is 0 Å². The number of carbonyl (C=O) groups excluding carboxylic acids is 3. The molecule has 1 aromatic carbocycles. The Hall–Kier alpha value is -1.86. The summed E-state index contributed by atoms with van der Waals surface area (Å²) in [5.74, 6) is -0.105. The Balaban J connectivity index is 2.64. The molecule has 0 aliphatic rings. The van der Waals surface area contributed by atoms with Crippen LogP contribution in [0.5, 0.6) is 0 Å². The van der Waals surface area contributed by atoms with E-state index >= 15 is 0 Å². The van der Waals surface area contributed by atoms with E-state index in [1.165, 1.54) is 13.8 Å². The molecule has 4 N–H and O–H groups in total. The van der Waals surface area contributed by atoms with Gasteiger partial charge in [-0.1, -0.05) is 26.0 Å². The van der Waals surface area contributed by atoms with Crippen molar-refractivity contribution in [2.45, 2.75) is 57.1 Å². The highest BCUT2D eigenvalue weighted by Gasteiger charge is 2.17. The third kappa shape index (κ3) is 8.18. The fraction of sp³-hybridized carbons (Fsp3) is 0.500. The molecule has 0 bridgehead atoms. The van der Waals surface area contributed by atoms with Crippen molar-refractivity contribution >= 4 is 29.4 Å². The minimum atomic E-state index is -0.509. The van der Waals surface area contributed by atoms with Crippen molar-refractivity contribution in [2.24, 2.45) is 5.73 Å². The summed E-state index contributed by atoms with van der Waals surface area (Å²) in [5.41, 5.74) is 6.38. The fourth-order valence-electron chi connectivity index (χ4n) is 2.29. The van der Waals surface area contributed by atoms with Gasteiger partial charge in [0.1, 0.15) is 0 Å². The third-order valence-corrected chi connectivity index (χ3v) is 4.63. The fourth-order valence-corrected chi connectivity index (χ4v) is 3.24. The quantitative estimate of drug-likeness (QED) is 0.542. The van der Waals surface area contributed by atoms with Crippen LogP contribution in [-0.2, 0) is 20.8 Å². The van der Waals surface area contributed by atoms with Crippen molar-refractivity contribution in [1.82, 2.24) is 10.6 Å². The molecular weight excluding hydrogens is 338 g/mol. The van der Waals surface area contributed by atoms with Gasteiger partial charge in [-0.15, -0.1) is 11.8 Å². The molecule has 1 aromatic rings. The van der Waals surface area contributed by atoms with Crippen LogP contribution in [0.4, 0.5) is 0 Å². The first kappa shape index (κ1) is 21.2. The van der Waals surface area contributed by atoms with Gasteiger partial charge in [0.2, 0.25) is 11.8 Å². The summed E-state index contributed by atoms with van der Waals surface area (Å²) in [6.07, 6.45) is 0.457. The summed E-state index contributed by atoms with van der Waals surface area (Å²) in [5, 5.41) is 5.80. The summed E-state index contributed by atoms with van der Waals surface area (Å²) in [6.45, 7) is 6.80. The standard InChI is InChI=1S/C18H27N3O3S/c1-11(2)20-17(18(19)24)10-25-15-7-5-14(6-8-15)9-16(12(3)22)21-13(4)23/h5-8,11,16-17,20H,9-10H2,1-4H3,(H2,19,24)(H,21,23). The zero-order valence-electron chi connectivity index (χ0n) is 15.2. The summed E-state index contributed by atoms with van der Waals surface area (Å²) < 4.78 is 0. The molecule has 0 spiro atoms. The normalized spacial score (nSPS) is 13.3. The predicted octanol–water partition coefficient (Wildman–Crippen LogP) is 1.27. The molecule has 0 saturated carbocycles. The second-order valence-electron chi connectivity index (χ2n) is 6.30. The SMILES string of the molecule is CC(=O)NC(Cc1ccc(SCC(NC(C)C)C(N)=O)cc1)C(C)=O. The number of Topliss-reactive ketones (excluding diaryl/α,β-unsaturated/α-hetero) is 1. The molecule has 2 atom stereocenters. The maximum Gasteiger partial charge on any atom is 0.235 e. The van der Waals surface area contributed by atoms with E-state index in [1.807, 2.05) is 38.1 Å². The molecule has 7 heteroatoms. The lowest BCUT2D eigenvalue weighted by Crippen LogP contribution is -2.46. The number of nitrogens with two attached hydrogens (primary N) is 1. The van der Waals surface area contributed by atoms with E-state index in [9.17, 15) is 14.4 Å². The molecule has 0 saturated heterocycles. The van der Waals surface area contributed by atoms with Crippen molar-refractivity contribution in [3.05, 3.63) is 29.8 Å². The van der Waals surface area contributed by atoms with Crippen LogP contribution in [-0.4, -0.2) is 41.5 Å². The van der Waals surface area contributed by atoms with Crippen LogP contribution >= 0.6 is 11.8 Å². The largest absolute Gasteiger partial charge is 0.368 e. The highest BCUT2D eigenvalue weighted by molar-refractivity contribution is 7.99. The molecule has 138 valence electrons. The predicted molar refractivity (Wildman–Crippen MR) is 100 cm³/mol. The second-order valence-corrected chi connectivity index (χ2v) is 7.39. The molecule has 25 heavy (non-hydrogen) atoms. The van der Waals surface area contributed by atoms with Crippen molar-refractivity contribution in [3.8, 4) is 0 Å². The maximum atomic E-state index is 11.6. The van der Waals surface area contributed by atoms with Crippen LogP contribution < -0.4 is 16.4 Å². The minimum absolute atomic E-state index is 0.0716. The van der Waals surface area contributed by atoms with Gasteiger partial charge in [-0.3, -0.25) is 14.4 Å². The lowest BCUT2D eigenvalue weighted by molar-refractivity contribution is -0.125. The minimum Gasteiger partial charge on any atom is -0.368 e. The molecule has 0 fully saturated rings. The molecule has 0 radical (unpaired) electrons. The van der Waals surface area contributed by atoms with Crippen molar-refractivity contribution < 1.29 is 14.4 Å². The van der Waals surface area contributed by atoms with Gasteiger partial charge < -0.3 is 16.4 Å². The molecule has 6 nitrogen and oxygen atoms in total. The Bertz CT molecular complexity index is 602. The second kappa shape index (κ2) is 10.2. The van der Waals surface area contributed by atoms with Crippen LogP contribution in [0.2, 0.25) is 0 Å². The lowest BCUT2D eigenvalue weighted by atomic mass is 10.0. The Labute approximate surface area is 153 Å². The van der Waals surface area contributed by atoms with Crippen LogP contribution in [0.3, 0.4) is 0 Å². The monoisotopic (exact) mass is 365 g/mol. The van der Waals surface area contributed by atoms with Crippen LogP contribution in [0, 0.1) is 0 Å². The first-order chi connectivity index (χ1) is 11.7. The van der Waals surface area contributed by atoms with E-state index in [2.05, 4.69) is 10.6 Å². The Morgan fingerprint density at radius 1 is 1.08 bits per heavy atom. The highest BCUT2D eigenvalue weighted by atomic mass is 32.2. The number of rotatable bonds is 10. The molecule has 0 aliphatic heterocycles. The van der Waals surface area contributed by atoms with E-state index < -0.39 is 6.04 Å². The number of amides is 2. The van der Waals surface area contributed by atoms with Gasteiger partial charge in [0.05, 0.1) is 12.1 Å². The number of hydrogen-bond donors (Lipinski definition) is 3. The van der Waals surface area contributed by atoms with E-state index in [-0.39, 0.29) is 29.7 Å². The summed E-state index contributed by atoms with van der Waals surface area (Å²) in [6, 6.07) is 7.02. The third-order valence-electron chi connectivity index (χ3n) is 3.53. The van der Waals surface area contributed by atoms with Gasteiger partial charge in [0.25, 0.3) is 0 Å². The molecule has 0 heterocycles. The van der Waals surface area contributed by atoms with Gasteiger partial charge in [-0.2, -0.15) is 0 Å². The molecule has 2 amide bonds. The number of thioether (sulfide) groups is 1. The summed E-state index contributed by atoms with van der Waals surface area (Å²) in [7, 11) is 0. The average Bonchev–Trinajstić information content (AvgIpc) is 2.51. The van der Waals surface area contributed by atoms with E-state index in [0.29, 0.717) is 12.2 Å². The Kier molecular flexibility index (Phi) is 8.65. The topological polar surface area (TPSA) is 101 Å². The van der Waals surface area contributed by atoms with Gasteiger partial charge >= 0.3 is 0 Å². The first-order valence-electron chi connectivity index (χ1n) is 8.23. The molecule has 1 rings (SSSR count).